The molecule has 10 heteroatoms. The van der Waals surface area contributed by atoms with Crippen molar-refractivity contribution >= 4 is 34.8 Å². The molecule has 176 valence electrons. The van der Waals surface area contributed by atoms with E-state index in [2.05, 4.69) is 15.6 Å². The van der Waals surface area contributed by atoms with E-state index in [1.165, 1.54) is 26.0 Å². The van der Waals surface area contributed by atoms with Gasteiger partial charge in [0.05, 0.1) is 22.3 Å². The maximum absolute atomic E-state index is 12.9. The minimum atomic E-state index is -4.43. The number of anilines is 1. The Hall–Kier alpha value is -3.07. The lowest BCUT2D eigenvalue weighted by atomic mass is 10.0. The first-order valence-electron chi connectivity index (χ1n) is 10.3. The number of aromatic nitrogens is 1. The number of halogens is 4. The van der Waals surface area contributed by atoms with Crippen LogP contribution in [0.25, 0.3) is 5.57 Å². The first-order chi connectivity index (χ1) is 15.5. The largest absolute Gasteiger partial charge is 0.416 e. The lowest BCUT2D eigenvalue weighted by Crippen LogP contribution is -2.38. The van der Waals surface area contributed by atoms with E-state index in [1.807, 2.05) is 13.0 Å². The van der Waals surface area contributed by atoms with Gasteiger partial charge in [-0.15, -0.1) is 0 Å². The lowest BCUT2D eigenvalue weighted by molar-refractivity contribution is -0.138. The minimum absolute atomic E-state index is 0.0399. The summed E-state index contributed by atoms with van der Waals surface area (Å²) in [5.74, 6) is -0.150. The van der Waals surface area contributed by atoms with E-state index >= 15 is 0 Å². The first kappa shape index (κ1) is 24.6. The van der Waals surface area contributed by atoms with Gasteiger partial charge in [-0.2, -0.15) is 13.2 Å². The van der Waals surface area contributed by atoms with Crippen LogP contribution in [0.2, 0.25) is 5.02 Å². The summed E-state index contributed by atoms with van der Waals surface area (Å²) in [6, 6.07) is 4.64. The van der Waals surface area contributed by atoms with Crippen molar-refractivity contribution in [1.29, 1.82) is 0 Å². The number of hydrogen-bond donors (Lipinski definition) is 2. The summed E-state index contributed by atoms with van der Waals surface area (Å²) in [5.41, 5.74) is 1.91. The average molecular weight is 481 g/mol. The van der Waals surface area contributed by atoms with Crippen LogP contribution in [-0.2, 0) is 11.0 Å². The lowest BCUT2D eigenvalue weighted by Gasteiger charge is -2.27. The van der Waals surface area contributed by atoms with Gasteiger partial charge in [0.2, 0.25) is 5.91 Å². The van der Waals surface area contributed by atoms with Gasteiger partial charge < -0.3 is 15.5 Å². The summed E-state index contributed by atoms with van der Waals surface area (Å²) in [4.78, 5) is 29.8. The van der Waals surface area contributed by atoms with E-state index in [-0.39, 0.29) is 17.5 Å². The number of pyridine rings is 1. The highest BCUT2D eigenvalue weighted by Gasteiger charge is 2.32. The van der Waals surface area contributed by atoms with Gasteiger partial charge in [-0.3, -0.25) is 9.78 Å². The van der Waals surface area contributed by atoms with Crippen LogP contribution >= 0.6 is 11.6 Å². The molecule has 0 aliphatic carbocycles. The molecule has 1 aromatic heterocycles. The average Bonchev–Trinajstić information content (AvgIpc) is 2.72. The number of carbonyl (C=O) groups excluding carboxylic acids is 2. The number of hydrogen-bond acceptors (Lipinski definition) is 3. The summed E-state index contributed by atoms with van der Waals surface area (Å²) in [7, 11) is 0. The van der Waals surface area contributed by atoms with E-state index in [4.69, 9.17) is 11.6 Å². The Kier molecular flexibility index (Phi) is 7.31. The summed E-state index contributed by atoms with van der Waals surface area (Å²) >= 11 is 6.42. The first-order valence-corrected chi connectivity index (χ1v) is 10.7. The molecule has 1 atom stereocenters. The minimum Gasteiger partial charge on any atom is -0.350 e. The molecule has 6 nitrogen and oxygen atoms in total. The van der Waals surface area contributed by atoms with Crippen molar-refractivity contribution in [3.63, 3.8) is 0 Å². The molecule has 2 aromatic rings. The number of nitrogens with one attached hydrogen (secondary N) is 2. The van der Waals surface area contributed by atoms with E-state index in [9.17, 15) is 22.8 Å². The summed E-state index contributed by atoms with van der Waals surface area (Å²) in [6.07, 6.45) is -0.399. The highest BCUT2D eigenvalue weighted by molar-refractivity contribution is 6.32. The van der Waals surface area contributed by atoms with Gasteiger partial charge in [0.1, 0.15) is 0 Å². The zero-order valence-corrected chi connectivity index (χ0v) is 19.1. The van der Waals surface area contributed by atoms with Crippen molar-refractivity contribution in [2.75, 3.05) is 18.4 Å². The summed E-state index contributed by atoms with van der Waals surface area (Å²) in [6.45, 7) is 5.34. The van der Waals surface area contributed by atoms with Gasteiger partial charge >= 0.3 is 12.2 Å². The zero-order valence-electron chi connectivity index (χ0n) is 18.4. The van der Waals surface area contributed by atoms with Gasteiger partial charge in [-0.1, -0.05) is 17.7 Å². The Morgan fingerprint density at radius 3 is 2.52 bits per heavy atom. The Balaban J connectivity index is 1.65. The highest BCUT2D eigenvalue weighted by Crippen LogP contribution is 2.33. The molecule has 0 spiro atoms. The quantitative estimate of drug-likeness (QED) is 0.600. The smallest absolute Gasteiger partial charge is 0.350 e. The molecule has 1 aromatic carbocycles. The van der Waals surface area contributed by atoms with Crippen molar-refractivity contribution in [3.05, 3.63) is 63.9 Å². The van der Waals surface area contributed by atoms with Crippen LogP contribution in [0.4, 0.5) is 23.7 Å². The molecule has 3 rings (SSSR count). The number of alkyl halides is 3. The maximum atomic E-state index is 12.9. The van der Waals surface area contributed by atoms with Crippen LogP contribution in [0.5, 0.6) is 0 Å². The fourth-order valence-electron chi connectivity index (χ4n) is 3.64. The number of amides is 3. The van der Waals surface area contributed by atoms with Crippen LogP contribution in [-0.4, -0.2) is 34.9 Å². The van der Waals surface area contributed by atoms with Crippen LogP contribution < -0.4 is 10.6 Å². The highest BCUT2D eigenvalue weighted by atomic mass is 35.5. The normalized spacial score (nSPS) is 15.0. The fourth-order valence-corrected chi connectivity index (χ4v) is 3.94. The molecule has 33 heavy (non-hydrogen) atoms. The van der Waals surface area contributed by atoms with E-state index in [0.717, 1.165) is 17.2 Å². The van der Waals surface area contributed by atoms with E-state index in [1.54, 1.807) is 17.2 Å². The van der Waals surface area contributed by atoms with Crippen LogP contribution in [0.15, 0.2) is 36.5 Å². The van der Waals surface area contributed by atoms with Crippen molar-refractivity contribution in [2.45, 2.75) is 39.4 Å². The van der Waals surface area contributed by atoms with Crippen molar-refractivity contribution in [3.8, 4) is 0 Å². The molecule has 1 unspecified atom stereocenters. The third-order valence-electron chi connectivity index (χ3n) is 5.37. The predicted molar refractivity (Wildman–Crippen MR) is 121 cm³/mol. The third-order valence-corrected chi connectivity index (χ3v) is 5.65. The van der Waals surface area contributed by atoms with Crippen LogP contribution in [0.1, 0.15) is 48.7 Å². The Morgan fingerprint density at radius 2 is 1.97 bits per heavy atom. The summed E-state index contributed by atoms with van der Waals surface area (Å²) < 4.78 is 38.8. The van der Waals surface area contributed by atoms with Gasteiger partial charge in [-0.25, -0.2) is 4.79 Å². The van der Waals surface area contributed by atoms with Gasteiger partial charge in [0.25, 0.3) is 0 Å². The van der Waals surface area contributed by atoms with E-state index < -0.39 is 17.8 Å². The van der Waals surface area contributed by atoms with Gasteiger partial charge in [-0.05, 0) is 61.2 Å². The summed E-state index contributed by atoms with van der Waals surface area (Å²) in [5, 5.41) is 5.88. The molecule has 1 aliphatic rings. The van der Waals surface area contributed by atoms with Crippen molar-refractivity contribution in [2.24, 2.45) is 0 Å². The number of benzene rings is 1. The molecule has 3 amide bonds. The SMILES string of the molecule is CC(=O)NC(C)c1cnc(C2=CCN(C(=O)Nc3ccc(C(F)(F)F)c(C)c3)CC2)c(Cl)c1. The number of aryl methyl sites for hydroxylation is 1. The Morgan fingerprint density at radius 1 is 1.24 bits per heavy atom. The molecule has 1 aliphatic heterocycles. The van der Waals surface area contributed by atoms with Crippen molar-refractivity contribution < 1.29 is 22.8 Å². The number of carbonyl (C=O) groups is 2. The molecule has 0 radical (unpaired) electrons. The molecule has 0 fully saturated rings. The number of nitrogens with zero attached hydrogens (tertiary/aromatic N) is 2. The fraction of sp³-hybridized carbons (Fsp3) is 0.348. The molecule has 2 heterocycles. The van der Waals surface area contributed by atoms with Crippen molar-refractivity contribution in [1.82, 2.24) is 15.2 Å². The monoisotopic (exact) mass is 480 g/mol. The molecule has 0 saturated carbocycles. The Bertz CT molecular complexity index is 1100. The second kappa shape index (κ2) is 9.82. The van der Waals surface area contributed by atoms with Crippen LogP contribution in [0, 0.1) is 6.92 Å². The predicted octanol–water partition coefficient (Wildman–Crippen LogP) is 5.58. The standard InChI is InChI=1S/C23H24ClF3N4O2/c1-13-10-18(4-5-19(13)23(25,26)27)30-22(33)31-8-6-16(7-9-31)21-20(24)11-17(12-28-21)14(2)29-15(3)32/h4-6,10-12,14H,7-9H2,1-3H3,(H,29,32)(H,30,33). The molecule has 0 bridgehead atoms. The number of urea groups is 1. The van der Waals surface area contributed by atoms with E-state index in [0.29, 0.717) is 35.9 Å². The maximum Gasteiger partial charge on any atom is 0.416 e. The Labute approximate surface area is 194 Å². The molecular weight excluding hydrogens is 457 g/mol. The third kappa shape index (κ3) is 6.04. The topological polar surface area (TPSA) is 74.3 Å². The molecule has 2 N–H and O–H groups in total. The second-order valence-electron chi connectivity index (χ2n) is 7.90. The molecule has 0 saturated heterocycles. The number of rotatable bonds is 4. The van der Waals surface area contributed by atoms with Gasteiger partial charge in [0, 0.05) is 31.9 Å². The molecular formula is C23H24ClF3N4O2. The van der Waals surface area contributed by atoms with Crippen LogP contribution in [0.3, 0.4) is 0 Å². The zero-order chi connectivity index (χ0) is 24.3. The second-order valence-corrected chi connectivity index (χ2v) is 8.31. The van der Waals surface area contributed by atoms with Gasteiger partial charge in [0.15, 0.2) is 0 Å².